The Morgan fingerprint density at radius 3 is 1.53 bits per heavy atom. The molecule has 1 rings (SSSR count). The molecule has 2 N–H and O–H groups in total. The lowest BCUT2D eigenvalue weighted by Gasteiger charge is -2.43. The monoisotopic (exact) mass is 432 g/mol. The minimum absolute atomic E-state index is 0.370. The molecule has 174 valence electrons. The number of carbonyl (C=O) groups is 3. The van der Waals surface area contributed by atoms with Gasteiger partial charge >= 0.3 is 17.9 Å². The van der Waals surface area contributed by atoms with Crippen molar-refractivity contribution in [2.75, 3.05) is 6.61 Å². The molecule has 0 aromatic heterocycles. The maximum atomic E-state index is 12.5. The summed E-state index contributed by atoms with van der Waals surface area (Å²) in [6, 6.07) is 0. The molecule has 0 spiro atoms. The van der Waals surface area contributed by atoms with E-state index >= 15 is 0 Å². The summed E-state index contributed by atoms with van der Waals surface area (Å²) in [7, 11) is 0. The number of carbonyl (C=O) groups excluding carboxylic acids is 3. The van der Waals surface area contributed by atoms with E-state index in [-0.39, 0.29) is 6.61 Å². The fraction of sp³-hybridized carbons (Fsp3) is 0.857. The van der Waals surface area contributed by atoms with Gasteiger partial charge in [0.05, 0.1) is 16.2 Å². The van der Waals surface area contributed by atoms with Crippen LogP contribution < -0.4 is 0 Å². The molecule has 0 amide bonds. The van der Waals surface area contributed by atoms with Crippen LogP contribution >= 0.6 is 0 Å². The summed E-state index contributed by atoms with van der Waals surface area (Å²) in [6.07, 6.45) is -7.26. The third-order valence-corrected chi connectivity index (χ3v) is 4.34. The van der Waals surface area contributed by atoms with Gasteiger partial charge in [-0.1, -0.05) is 0 Å². The van der Waals surface area contributed by atoms with E-state index in [9.17, 15) is 24.6 Å². The molecular formula is C21H36O9. The van der Waals surface area contributed by atoms with Crippen LogP contribution in [0.2, 0.25) is 0 Å². The molecule has 9 heteroatoms. The van der Waals surface area contributed by atoms with Crippen molar-refractivity contribution in [1.82, 2.24) is 0 Å². The maximum Gasteiger partial charge on any atom is 0.311 e. The zero-order chi connectivity index (χ0) is 23.7. The van der Waals surface area contributed by atoms with E-state index in [0.717, 1.165) is 0 Å². The summed E-state index contributed by atoms with van der Waals surface area (Å²) < 4.78 is 21.6. The largest absolute Gasteiger partial charge is 0.462 e. The van der Waals surface area contributed by atoms with Gasteiger partial charge in [-0.2, -0.15) is 0 Å². The van der Waals surface area contributed by atoms with Crippen molar-refractivity contribution in [3.63, 3.8) is 0 Å². The van der Waals surface area contributed by atoms with Crippen molar-refractivity contribution in [2.24, 2.45) is 16.2 Å². The molecule has 1 aliphatic rings. The van der Waals surface area contributed by atoms with Crippen LogP contribution in [0.3, 0.4) is 0 Å². The van der Waals surface area contributed by atoms with Gasteiger partial charge in [0.1, 0.15) is 18.8 Å². The van der Waals surface area contributed by atoms with Crippen molar-refractivity contribution < 1.29 is 43.5 Å². The number of rotatable bonds is 4. The average molecular weight is 433 g/mol. The Hall–Kier alpha value is -1.71. The second-order valence-corrected chi connectivity index (χ2v) is 10.6. The van der Waals surface area contributed by atoms with Crippen LogP contribution in [-0.2, 0) is 33.3 Å². The first-order valence-corrected chi connectivity index (χ1v) is 9.96. The lowest BCUT2D eigenvalue weighted by Crippen LogP contribution is -2.62. The molecule has 0 aromatic rings. The Morgan fingerprint density at radius 2 is 1.13 bits per heavy atom. The summed E-state index contributed by atoms with van der Waals surface area (Å²) in [5.41, 5.74) is -2.59. The molecule has 1 heterocycles. The quantitative estimate of drug-likeness (QED) is 0.502. The topological polar surface area (TPSA) is 129 Å². The maximum absolute atomic E-state index is 12.5. The van der Waals surface area contributed by atoms with Gasteiger partial charge in [0, 0.05) is 0 Å². The third-order valence-electron chi connectivity index (χ3n) is 4.34. The smallest absolute Gasteiger partial charge is 0.311 e. The lowest BCUT2D eigenvalue weighted by molar-refractivity contribution is -0.296. The Kier molecular flexibility index (Phi) is 8.07. The minimum atomic E-state index is -1.73. The highest BCUT2D eigenvalue weighted by molar-refractivity contribution is 5.77. The molecule has 0 aromatic carbocycles. The van der Waals surface area contributed by atoms with Crippen LogP contribution in [0.5, 0.6) is 0 Å². The Balaban J connectivity index is 3.20. The number of esters is 3. The Bertz CT molecular complexity index is 636. The van der Waals surface area contributed by atoms with Crippen LogP contribution in [0.15, 0.2) is 0 Å². The Labute approximate surface area is 178 Å². The van der Waals surface area contributed by atoms with E-state index < -0.39 is 64.9 Å². The van der Waals surface area contributed by atoms with E-state index in [1.165, 1.54) is 0 Å². The molecule has 0 aliphatic carbocycles. The zero-order valence-electron chi connectivity index (χ0n) is 19.3. The summed E-state index contributed by atoms with van der Waals surface area (Å²) in [5.74, 6) is -1.83. The fourth-order valence-electron chi connectivity index (χ4n) is 2.29. The van der Waals surface area contributed by atoms with Crippen molar-refractivity contribution in [3.05, 3.63) is 0 Å². The second kappa shape index (κ2) is 9.20. The third kappa shape index (κ3) is 6.92. The van der Waals surface area contributed by atoms with Crippen LogP contribution in [0, 0.1) is 16.2 Å². The summed E-state index contributed by atoms with van der Waals surface area (Å²) >= 11 is 0. The van der Waals surface area contributed by atoms with Gasteiger partial charge in [0.25, 0.3) is 0 Å². The van der Waals surface area contributed by atoms with Crippen LogP contribution in [0.1, 0.15) is 62.3 Å². The molecule has 5 atom stereocenters. The van der Waals surface area contributed by atoms with Crippen LogP contribution in [0.25, 0.3) is 0 Å². The number of aliphatic hydroxyl groups is 2. The predicted octanol–water partition coefficient (Wildman–Crippen LogP) is 1.57. The van der Waals surface area contributed by atoms with E-state index in [4.69, 9.17) is 18.9 Å². The highest BCUT2D eigenvalue weighted by atomic mass is 16.7. The molecule has 0 bridgehead atoms. The van der Waals surface area contributed by atoms with E-state index in [1.807, 2.05) is 0 Å². The molecule has 30 heavy (non-hydrogen) atoms. The van der Waals surface area contributed by atoms with E-state index in [0.29, 0.717) is 0 Å². The first-order chi connectivity index (χ1) is 13.4. The number of hydrogen-bond donors (Lipinski definition) is 2. The van der Waals surface area contributed by atoms with E-state index in [1.54, 1.807) is 62.3 Å². The van der Waals surface area contributed by atoms with Crippen molar-refractivity contribution in [1.29, 1.82) is 0 Å². The number of ether oxygens (including phenoxy) is 4. The molecule has 1 fully saturated rings. The summed E-state index contributed by atoms with van der Waals surface area (Å²) in [5, 5.41) is 20.5. The number of hydrogen-bond acceptors (Lipinski definition) is 9. The van der Waals surface area contributed by atoms with Gasteiger partial charge in [0.2, 0.25) is 0 Å². The zero-order valence-corrected chi connectivity index (χ0v) is 19.3. The molecule has 1 saturated heterocycles. The van der Waals surface area contributed by atoms with Crippen molar-refractivity contribution >= 4 is 17.9 Å². The van der Waals surface area contributed by atoms with E-state index in [2.05, 4.69) is 0 Å². The predicted molar refractivity (Wildman–Crippen MR) is 106 cm³/mol. The molecule has 1 aliphatic heterocycles. The van der Waals surface area contributed by atoms with Crippen LogP contribution in [-0.4, -0.2) is 65.4 Å². The van der Waals surface area contributed by atoms with Gasteiger partial charge in [-0.25, -0.2) is 0 Å². The first-order valence-electron chi connectivity index (χ1n) is 9.96. The van der Waals surface area contributed by atoms with Crippen molar-refractivity contribution in [3.8, 4) is 0 Å². The van der Waals surface area contributed by atoms with Crippen LogP contribution in [0.4, 0.5) is 0 Å². The summed E-state index contributed by atoms with van der Waals surface area (Å²) in [6.45, 7) is 14.4. The highest BCUT2D eigenvalue weighted by Crippen LogP contribution is 2.30. The highest BCUT2D eigenvalue weighted by Gasteiger charge is 2.51. The molecule has 1 unspecified atom stereocenters. The normalized spacial score (nSPS) is 27.9. The van der Waals surface area contributed by atoms with Gasteiger partial charge in [-0.15, -0.1) is 0 Å². The fourth-order valence-corrected chi connectivity index (χ4v) is 2.29. The average Bonchev–Trinajstić information content (AvgIpc) is 2.56. The minimum Gasteiger partial charge on any atom is -0.462 e. The molecule has 0 radical (unpaired) electrons. The Morgan fingerprint density at radius 1 is 0.733 bits per heavy atom. The summed E-state index contributed by atoms with van der Waals surface area (Å²) in [4.78, 5) is 37.1. The van der Waals surface area contributed by atoms with Gasteiger partial charge < -0.3 is 29.2 Å². The SMILES string of the molecule is CC(C)(C)C(=O)OC[C@H]1OC(O)[C@H](O)[C@@H](OC(=O)C(C)(C)C)[C@@H]1OC(=O)C(C)(C)C. The first kappa shape index (κ1) is 26.3. The molecule has 0 saturated carbocycles. The van der Waals surface area contributed by atoms with Gasteiger partial charge in [-0.05, 0) is 62.3 Å². The second-order valence-electron chi connectivity index (χ2n) is 10.6. The van der Waals surface area contributed by atoms with Gasteiger partial charge in [0.15, 0.2) is 18.5 Å². The molecular weight excluding hydrogens is 396 g/mol. The standard InChI is InChI=1S/C21H36O9/c1-19(2,3)16(24)27-10-11-13(29-17(25)20(4,5)6)14(12(22)15(23)28-11)30-18(26)21(7,8)9/h11-15,22-23H,10H2,1-9H3/t11-,12-,13-,14-,15?/m1/s1. The number of aliphatic hydroxyl groups excluding tert-OH is 2. The van der Waals surface area contributed by atoms with Crippen molar-refractivity contribution in [2.45, 2.75) is 93.0 Å². The van der Waals surface area contributed by atoms with Gasteiger partial charge in [-0.3, -0.25) is 14.4 Å². The molecule has 9 nitrogen and oxygen atoms in total. The lowest BCUT2D eigenvalue weighted by atomic mass is 9.94.